The van der Waals surface area contributed by atoms with E-state index in [2.05, 4.69) is 5.09 Å². The normalized spacial score (nSPS) is 23.6. The first kappa shape index (κ1) is 31.5. The van der Waals surface area contributed by atoms with Crippen LogP contribution in [0.2, 0.25) is 0 Å². The first-order valence-electron chi connectivity index (χ1n) is 15.9. The zero-order valence-corrected chi connectivity index (χ0v) is 26.8. The van der Waals surface area contributed by atoms with E-state index in [-0.39, 0.29) is 24.7 Å². The molecule has 0 spiro atoms. The minimum absolute atomic E-state index is 0.0496. The smallest absolute Gasteiger partial charge is 0.459 e. The molecule has 2 unspecified atom stereocenters. The molecule has 0 aliphatic carbocycles. The molecule has 0 bridgehead atoms. The topological polar surface area (TPSA) is 158 Å². The van der Waals surface area contributed by atoms with Crippen molar-refractivity contribution in [1.29, 1.82) is 0 Å². The number of esters is 1. The molecule has 1 aromatic heterocycles. The fourth-order valence-corrected chi connectivity index (χ4v) is 6.74. The molecule has 3 aromatic carbocycles. The SMILES string of the molecule is [2H]c1c([2H])n([C@@H]2O[C@H](COP(=O)(NC(CC(C)C)C(=O)OCc3ccccc3)Oc3cccc4ccccc34)[C@@H](O)[C@@]2(C)F)c(=O)[nH]c1=O. The minimum atomic E-state index is -4.60. The van der Waals surface area contributed by atoms with Crippen molar-refractivity contribution in [1.82, 2.24) is 14.6 Å². The molecule has 250 valence electrons. The first-order chi connectivity index (χ1) is 23.2. The standard InChI is InChI=1S/C33H37FN3O9P/c1-21(2)18-25(30(40)43-19-22-10-5-4-6-11-22)36-47(42,46-26-15-9-13-23-12-7-8-14-24(23)26)44-20-27-29(39)33(3,34)31(45-27)37-17-16-28(38)35-32(37)41/h4-17,21,25,27,29,31,39H,18-20H2,1-3H3,(H,36,42)(H,35,38,41)/t25?,27-,29-,31-,33-,47?/m1/s1/i16D,17D. The highest BCUT2D eigenvalue weighted by Crippen LogP contribution is 2.49. The van der Waals surface area contributed by atoms with Crippen molar-refractivity contribution in [2.24, 2.45) is 5.92 Å². The lowest BCUT2D eigenvalue weighted by molar-refractivity contribution is -0.147. The molecule has 0 radical (unpaired) electrons. The summed E-state index contributed by atoms with van der Waals surface area (Å²) in [5.41, 5.74) is -4.39. The average Bonchev–Trinajstić information content (AvgIpc) is 3.29. The fourth-order valence-electron chi connectivity index (χ4n) is 5.20. The number of carbonyl (C=O) groups excluding carboxylic acids is 1. The van der Waals surface area contributed by atoms with Gasteiger partial charge in [0.2, 0.25) is 0 Å². The van der Waals surface area contributed by atoms with E-state index < -0.39 is 73.9 Å². The molecule has 12 nitrogen and oxygen atoms in total. The molecule has 1 fully saturated rings. The predicted molar refractivity (Wildman–Crippen MR) is 172 cm³/mol. The Morgan fingerprint density at radius 2 is 1.85 bits per heavy atom. The van der Waals surface area contributed by atoms with Crippen LogP contribution < -0.4 is 20.9 Å². The van der Waals surface area contributed by atoms with Crippen LogP contribution in [-0.4, -0.2) is 51.2 Å². The van der Waals surface area contributed by atoms with Crippen LogP contribution in [0.15, 0.2) is 94.6 Å². The van der Waals surface area contributed by atoms with Gasteiger partial charge in [-0.2, -0.15) is 5.09 Å². The largest absolute Gasteiger partial charge is 0.460 e. The number of aromatic nitrogens is 2. The number of hydrogen-bond donors (Lipinski definition) is 3. The van der Waals surface area contributed by atoms with E-state index in [0.717, 1.165) is 17.9 Å². The lowest BCUT2D eigenvalue weighted by atomic mass is 9.98. The summed E-state index contributed by atoms with van der Waals surface area (Å²) in [6, 6.07) is 19.0. The molecule has 2 heterocycles. The lowest BCUT2D eigenvalue weighted by Gasteiger charge is -2.27. The Bertz CT molecular complexity index is 1970. The zero-order chi connectivity index (χ0) is 35.5. The molecule has 47 heavy (non-hydrogen) atoms. The summed E-state index contributed by atoms with van der Waals surface area (Å²) in [4.78, 5) is 39.6. The van der Waals surface area contributed by atoms with Gasteiger partial charge >= 0.3 is 19.4 Å². The molecular weight excluding hydrogens is 632 g/mol. The molecule has 3 N–H and O–H groups in total. The number of fused-ring (bicyclic) bond motifs is 1. The van der Waals surface area contributed by atoms with Crippen molar-refractivity contribution < 1.29 is 40.1 Å². The number of hydrogen-bond acceptors (Lipinski definition) is 9. The molecule has 14 heteroatoms. The second kappa shape index (κ2) is 14.3. The predicted octanol–water partition coefficient (Wildman–Crippen LogP) is 4.63. The second-order valence-electron chi connectivity index (χ2n) is 11.8. The van der Waals surface area contributed by atoms with E-state index in [4.69, 9.17) is 21.3 Å². The van der Waals surface area contributed by atoms with Crippen molar-refractivity contribution in [3.63, 3.8) is 0 Å². The van der Waals surface area contributed by atoms with Gasteiger partial charge in [-0.15, -0.1) is 0 Å². The Balaban J connectivity index is 1.44. The molecule has 4 aromatic rings. The maximum absolute atomic E-state index is 16.0. The van der Waals surface area contributed by atoms with Crippen molar-refractivity contribution in [3.05, 3.63) is 111 Å². The van der Waals surface area contributed by atoms with Crippen LogP contribution in [-0.2, 0) is 30.0 Å². The lowest BCUT2D eigenvalue weighted by Crippen LogP contribution is -2.44. The molecule has 0 saturated carbocycles. The van der Waals surface area contributed by atoms with Crippen LogP contribution in [0.5, 0.6) is 5.75 Å². The molecule has 1 aliphatic rings. The molecular formula is C33H37FN3O9P. The minimum Gasteiger partial charge on any atom is -0.460 e. The van der Waals surface area contributed by atoms with E-state index >= 15 is 4.39 Å². The van der Waals surface area contributed by atoms with Gasteiger partial charge in [0.25, 0.3) is 5.56 Å². The summed E-state index contributed by atoms with van der Waals surface area (Å²) in [7, 11) is -4.60. The Labute approximate surface area is 272 Å². The second-order valence-corrected chi connectivity index (χ2v) is 13.4. The average molecular weight is 672 g/mol. The number of halogens is 1. The monoisotopic (exact) mass is 671 g/mol. The summed E-state index contributed by atoms with van der Waals surface area (Å²) >= 11 is 0. The van der Waals surface area contributed by atoms with Gasteiger partial charge in [0, 0.05) is 17.6 Å². The number of aliphatic hydroxyl groups excluding tert-OH is 1. The number of benzene rings is 3. The molecule has 1 saturated heterocycles. The van der Waals surface area contributed by atoms with Crippen LogP contribution in [0.1, 0.15) is 41.7 Å². The Kier molecular flexibility index (Phi) is 9.59. The molecule has 5 rings (SSSR count). The Morgan fingerprint density at radius 1 is 1.15 bits per heavy atom. The number of carbonyl (C=O) groups is 1. The molecule has 1 aliphatic heterocycles. The maximum Gasteiger partial charge on any atom is 0.459 e. The number of nitrogens with one attached hydrogen (secondary N) is 2. The summed E-state index contributed by atoms with van der Waals surface area (Å²) in [5.74, 6) is -0.682. The third-order valence-corrected chi connectivity index (χ3v) is 9.14. The van der Waals surface area contributed by atoms with Crippen LogP contribution >= 0.6 is 7.75 Å². The van der Waals surface area contributed by atoms with Crippen LogP contribution in [0.3, 0.4) is 0 Å². The maximum atomic E-state index is 16.0. The highest BCUT2D eigenvalue weighted by Gasteiger charge is 2.56. The third kappa shape index (κ3) is 8.06. The summed E-state index contributed by atoms with van der Waals surface area (Å²) in [5, 5.41) is 15.0. The van der Waals surface area contributed by atoms with Gasteiger partial charge in [-0.05, 0) is 36.3 Å². The number of aromatic amines is 1. The van der Waals surface area contributed by atoms with E-state index in [0.29, 0.717) is 9.95 Å². The Morgan fingerprint density at radius 3 is 2.60 bits per heavy atom. The number of nitrogens with zero attached hydrogens (tertiary/aromatic N) is 1. The first-order valence-corrected chi connectivity index (χ1v) is 16.5. The number of H-pyrrole nitrogens is 1. The van der Waals surface area contributed by atoms with E-state index in [1.54, 1.807) is 48.5 Å². The molecule has 0 amide bonds. The van der Waals surface area contributed by atoms with Gasteiger partial charge in [0.15, 0.2) is 11.9 Å². The van der Waals surface area contributed by atoms with Gasteiger partial charge in [-0.1, -0.05) is 80.6 Å². The van der Waals surface area contributed by atoms with Gasteiger partial charge in [0.05, 0.1) is 9.35 Å². The number of aliphatic hydroxyl groups is 1. The van der Waals surface area contributed by atoms with Gasteiger partial charge in [0.1, 0.15) is 30.6 Å². The fraction of sp³-hybridized carbons (Fsp3) is 0.364. The Hall–Kier alpha value is -4.13. The van der Waals surface area contributed by atoms with E-state index in [1.807, 2.05) is 43.1 Å². The van der Waals surface area contributed by atoms with E-state index in [1.165, 1.54) is 0 Å². The molecule has 6 atom stereocenters. The summed E-state index contributed by atoms with van der Waals surface area (Å²) in [6.07, 6.45) is -6.34. The van der Waals surface area contributed by atoms with Crippen LogP contribution in [0.4, 0.5) is 4.39 Å². The summed E-state index contributed by atoms with van der Waals surface area (Å²) < 4.78 is 69.9. The quantitative estimate of drug-likeness (QED) is 0.135. The number of rotatable bonds is 13. The van der Waals surface area contributed by atoms with Gasteiger partial charge in [-0.25, -0.2) is 13.8 Å². The van der Waals surface area contributed by atoms with Crippen LogP contribution in [0.25, 0.3) is 10.8 Å². The van der Waals surface area contributed by atoms with Crippen molar-refractivity contribution in [3.8, 4) is 5.75 Å². The number of ether oxygens (including phenoxy) is 2. The highest BCUT2D eigenvalue weighted by atomic mass is 31.2. The third-order valence-electron chi connectivity index (χ3n) is 7.59. The van der Waals surface area contributed by atoms with Crippen LogP contribution in [0, 0.1) is 5.92 Å². The zero-order valence-electron chi connectivity index (χ0n) is 27.9. The van der Waals surface area contributed by atoms with E-state index in [9.17, 15) is 24.1 Å². The van der Waals surface area contributed by atoms with Crippen molar-refractivity contribution in [2.45, 2.75) is 63.9 Å². The van der Waals surface area contributed by atoms with Crippen molar-refractivity contribution >= 4 is 24.5 Å². The van der Waals surface area contributed by atoms with Gasteiger partial charge < -0.3 is 19.1 Å². The number of alkyl halides is 1. The summed E-state index contributed by atoms with van der Waals surface area (Å²) in [6.45, 7) is 3.78. The van der Waals surface area contributed by atoms with Crippen molar-refractivity contribution in [2.75, 3.05) is 6.61 Å². The van der Waals surface area contributed by atoms with Gasteiger partial charge in [-0.3, -0.25) is 23.7 Å². The highest BCUT2D eigenvalue weighted by molar-refractivity contribution is 7.52.